The Balaban J connectivity index is 2.24. The lowest BCUT2D eigenvalue weighted by molar-refractivity contribution is -0.127. The van der Waals surface area contributed by atoms with Crippen LogP contribution in [0.2, 0.25) is 0 Å². The number of hydrogen-bond donors (Lipinski definition) is 2. The fourth-order valence-corrected chi connectivity index (χ4v) is 2.27. The quantitative estimate of drug-likeness (QED) is 0.746. The molecular formula is C19H23N5O2. The minimum absolute atomic E-state index is 0.132. The Morgan fingerprint density at radius 3 is 2.42 bits per heavy atom. The van der Waals surface area contributed by atoms with Crippen LogP contribution in [0.3, 0.4) is 0 Å². The average molecular weight is 353 g/mol. The molecular weight excluding hydrogens is 330 g/mol. The van der Waals surface area contributed by atoms with Crippen LogP contribution in [0, 0.1) is 6.92 Å². The lowest BCUT2D eigenvalue weighted by Gasteiger charge is -2.21. The van der Waals surface area contributed by atoms with Gasteiger partial charge in [0.25, 0.3) is 11.8 Å². The van der Waals surface area contributed by atoms with Crippen LogP contribution in [0.5, 0.6) is 0 Å². The zero-order valence-electron chi connectivity index (χ0n) is 15.2. The second-order valence-corrected chi connectivity index (χ2v) is 5.52. The van der Waals surface area contributed by atoms with Crippen molar-refractivity contribution in [3.8, 4) is 0 Å². The van der Waals surface area contributed by atoms with Crippen LogP contribution in [-0.2, 0) is 4.79 Å². The van der Waals surface area contributed by atoms with Crippen molar-refractivity contribution in [2.45, 2.75) is 20.8 Å². The van der Waals surface area contributed by atoms with Crippen LogP contribution in [0.15, 0.2) is 54.5 Å². The predicted octanol–water partition coefficient (Wildman–Crippen LogP) is 2.34. The van der Waals surface area contributed by atoms with Crippen molar-refractivity contribution in [2.24, 2.45) is 0 Å². The summed E-state index contributed by atoms with van der Waals surface area (Å²) in [5.74, 6) is -0.285. The number of aryl methyl sites for hydroxylation is 1. The first-order valence-electron chi connectivity index (χ1n) is 8.47. The molecule has 0 saturated heterocycles. The molecule has 0 fully saturated rings. The smallest absolute Gasteiger partial charge is 0.271 e. The van der Waals surface area contributed by atoms with E-state index in [1.165, 1.54) is 6.20 Å². The van der Waals surface area contributed by atoms with Gasteiger partial charge in [0, 0.05) is 36.7 Å². The third kappa shape index (κ3) is 5.14. The third-order valence-electron chi connectivity index (χ3n) is 3.71. The number of amides is 2. The molecule has 136 valence electrons. The number of carbonyl (C=O) groups is 2. The molecule has 1 heterocycles. The van der Waals surface area contributed by atoms with E-state index in [2.05, 4.69) is 20.6 Å². The highest BCUT2D eigenvalue weighted by Crippen LogP contribution is 2.05. The second-order valence-electron chi connectivity index (χ2n) is 5.52. The lowest BCUT2D eigenvalue weighted by Crippen LogP contribution is -2.38. The van der Waals surface area contributed by atoms with Crippen molar-refractivity contribution in [1.29, 1.82) is 0 Å². The van der Waals surface area contributed by atoms with Crippen LogP contribution >= 0.6 is 0 Å². The number of anilines is 1. The van der Waals surface area contributed by atoms with Gasteiger partial charge in [0.2, 0.25) is 5.95 Å². The molecule has 7 nitrogen and oxygen atoms in total. The van der Waals surface area contributed by atoms with Gasteiger partial charge >= 0.3 is 0 Å². The summed E-state index contributed by atoms with van der Waals surface area (Å²) < 4.78 is 0. The highest BCUT2D eigenvalue weighted by atomic mass is 16.2. The molecule has 0 spiro atoms. The van der Waals surface area contributed by atoms with E-state index in [1.807, 2.05) is 26.8 Å². The molecule has 0 radical (unpaired) electrons. The fourth-order valence-electron chi connectivity index (χ4n) is 2.27. The molecule has 2 N–H and O–H groups in total. The number of rotatable bonds is 7. The minimum Gasteiger partial charge on any atom is -0.338 e. The maximum absolute atomic E-state index is 12.7. The standard InChI is InChI=1S/C19H23N5O2/c1-4-24(5-2)18(26)16(13-21-19-20-12-11-14(3)22-19)23-17(25)15-9-7-6-8-10-15/h6-13H,4-5H2,1-3H3,(H,23,25)(H,20,21,22)/b16-13-. The van der Waals surface area contributed by atoms with Gasteiger partial charge in [-0.3, -0.25) is 9.59 Å². The van der Waals surface area contributed by atoms with Gasteiger partial charge in [0.15, 0.2) is 0 Å². The van der Waals surface area contributed by atoms with Crippen LogP contribution in [0.1, 0.15) is 29.9 Å². The Labute approximate surface area is 153 Å². The SMILES string of the molecule is CCN(CC)C(=O)/C(=C/Nc1nccc(C)n1)NC(=O)c1ccccc1. The van der Waals surface area contributed by atoms with E-state index < -0.39 is 0 Å². The Kier molecular flexibility index (Phi) is 6.84. The molecule has 26 heavy (non-hydrogen) atoms. The Hall–Kier alpha value is -3.22. The fraction of sp³-hybridized carbons (Fsp3) is 0.263. The number of benzene rings is 1. The largest absolute Gasteiger partial charge is 0.338 e. The summed E-state index contributed by atoms with van der Waals surface area (Å²) in [5.41, 5.74) is 1.39. The molecule has 0 aliphatic heterocycles. The molecule has 0 atom stereocenters. The van der Waals surface area contributed by atoms with Crippen molar-refractivity contribution in [3.05, 3.63) is 65.7 Å². The first-order chi connectivity index (χ1) is 12.5. The summed E-state index contributed by atoms with van der Waals surface area (Å²) in [6, 6.07) is 10.5. The summed E-state index contributed by atoms with van der Waals surface area (Å²) >= 11 is 0. The topological polar surface area (TPSA) is 87.2 Å². The summed E-state index contributed by atoms with van der Waals surface area (Å²) in [5, 5.41) is 5.56. The van der Waals surface area contributed by atoms with Gasteiger partial charge in [-0.25, -0.2) is 9.97 Å². The van der Waals surface area contributed by atoms with E-state index >= 15 is 0 Å². The average Bonchev–Trinajstić information content (AvgIpc) is 2.66. The molecule has 2 rings (SSSR count). The van der Waals surface area contributed by atoms with Gasteiger partial charge in [-0.1, -0.05) is 18.2 Å². The van der Waals surface area contributed by atoms with E-state index in [9.17, 15) is 9.59 Å². The van der Waals surface area contributed by atoms with Crippen LogP contribution in [-0.4, -0.2) is 39.8 Å². The van der Waals surface area contributed by atoms with Gasteiger partial charge in [-0.05, 0) is 39.0 Å². The molecule has 0 unspecified atom stereocenters. The second kappa shape index (κ2) is 9.31. The number of nitrogens with one attached hydrogen (secondary N) is 2. The van der Waals surface area contributed by atoms with Crippen LogP contribution < -0.4 is 10.6 Å². The van der Waals surface area contributed by atoms with Crippen molar-refractivity contribution >= 4 is 17.8 Å². The zero-order chi connectivity index (χ0) is 18.9. The number of hydrogen-bond acceptors (Lipinski definition) is 5. The maximum atomic E-state index is 12.7. The first kappa shape index (κ1) is 19.1. The molecule has 0 bridgehead atoms. The summed E-state index contributed by atoms with van der Waals surface area (Å²) in [7, 11) is 0. The highest BCUT2D eigenvalue weighted by Gasteiger charge is 2.18. The number of aromatic nitrogens is 2. The molecule has 1 aromatic carbocycles. The molecule has 0 saturated carbocycles. The molecule has 0 aliphatic rings. The Morgan fingerprint density at radius 1 is 1.12 bits per heavy atom. The van der Waals surface area contributed by atoms with Crippen molar-refractivity contribution < 1.29 is 9.59 Å². The number of carbonyl (C=O) groups excluding carboxylic acids is 2. The minimum atomic E-state index is -0.357. The van der Waals surface area contributed by atoms with Gasteiger partial charge in [-0.15, -0.1) is 0 Å². The maximum Gasteiger partial charge on any atom is 0.271 e. The van der Waals surface area contributed by atoms with Crippen molar-refractivity contribution in [2.75, 3.05) is 18.4 Å². The van der Waals surface area contributed by atoms with Gasteiger partial charge in [-0.2, -0.15) is 0 Å². The van der Waals surface area contributed by atoms with E-state index in [-0.39, 0.29) is 17.5 Å². The van der Waals surface area contributed by atoms with Crippen LogP contribution in [0.25, 0.3) is 0 Å². The van der Waals surface area contributed by atoms with E-state index in [1.54, 1.807) is 41.4 Å². The summed E-state index contributed by atoms with van der Waals surface area (Å²) in [4.78, 5) is 35.1. The van der Waals surface area contributed by atoms with Crippen LogP contribution in [0.4, 0.5) is 5.95 Å². The molecule has 0 aliphatic carbocycles. The zero-order valence-corrected chi connectivity index (χ0v) is 15.2. The lowest BCUT2D eigenvalue weighted by atomic mass is 10.2. The van der Waals surface area contributed by atoms with Gasteiger partial charge < -0.3 is 15.5 Å². The first-order valence-corrected chi connectivity index (χ1v) is 8.47. The predicted molar refractivity (Wildman–Crippen MR) is 100 cm³/mol. The third-order valence-corrected chi connectivity index (χ3v) is 3.71. The van der Waals surface area contributed by atoms with Gasteiger partial charge in [0.1, 0.15) is 5.70 Å². The summed E-state index contributed by atoms with van der Waals surface area (Å²) in [6.07, 6.45) is 3.04. The van der Waals surface area contributed by atoms with E-state index in [0.717, 1.165) is 5.69 Å². The number of likely N-dealkylation sites (N-methyl/N-ethyl adjacent to an activating group) is 1. The van der Waals surface area contributed by atoms with Crippen molar-refractivity contribution in [3.63, 3.8) is 0 Å². The molecule has 7 heteroatoms. The monoisotopic (exact) mass is 353 g/mol. The Bertz CT molecular complexity index is 786. The normalized spacial score (nSPS) is 11.0. The van der Waals surface area contributed by atoms with E-state index in [0.29, 0.717) is 24.6 Å². The van der Waals surface area contributed by atoms with Gasteiger partial charge in [0.05, 0.1) is 0 Å². The summed E-state index contributed by atoms with van der Waals surface area (Å²) in [6.45, 7) is 6.68. The Morgan fingerprint density at radius 2 is 1.81 bits per heavy atom. The molecule has 2 amide bonds. The van der Waals surface area contributed by atoms with Crippen molar-refractivity contribution in [1.82, 2.24) is 20.2 Å². The number of nitrogens with zero attached hydrogens (tertiary/aromatic N) is 3. The highest BCUT2D eigenvalue weighted by molar-refractivity contribution is 6.02. The van der Waals surface area contributed by atoms with E-state index in [4.69, 9.17) is 0 Å². The molecule has 1 aromatic heterocycles. The molecule has 2 aromatic rings.